The predicted octanol–water partition coefficient (Wildman–Crippen LogP) is -7.41. The highest BCUT2D eigenvalue weighted by molar-refractivity contribution is 6.08. The summed E-state index contributed by atoms with van der Waals surface area (Å²) in [5.74, 6) is -2.18. The largest absolute Gasteiger partial charge is 0.541 e. The Hall–Kier alpha value is -1.17. The number of carbonyl (C=O) groups is 2. The van der Waals surface area contributed by atoms with Crippen LogP contribution in [-0.2, 0) is 18.9 Å². The van der Waals surface area contributed by atoms with E-state index in [2.05, 4.69) is 9.31 Å². The van der Waals surface area contributed by atoms with Gasteiger partial charge in [0.15, 0.2) is 12.2 Å². The molecule has 98 valence electrons. The topological polar surface area (TPSA) is 219 Å². The second-order valence-electron chi connectivity index (χ2n) is 1.94. The van der Waals surface area contributed by atoms with Gasteiger partial charge in [-0.2, -0.15) is 0 Å². The predicted molar refractivity (Wildman–Crippen MR) is 55.7 cm³/mol. The molecule has 12 heteroatoms. The fraction of sp³-hybridized carbons (Fsp3) is 0.500. The number of hydrogen-bond donors (Lipinski definition) is 2. The average Bonchev–Trinajstić information content (AvgIpc) is 2.12. The van der Waals surface area contributed by atoms with Crippen LogP contribution < -0.4 is 0 Å². The third kappa shape index (κ3) is 8.16. The van der Waals surface area contributed by atoms with Crippen LogP contribution >= 0.6 is 0 Å². The van der Waals surface area contributed by atoms with E-state index in [0.29, 0.717) is 0 Å². The van der Waals surface area contributed by atoms with Crippen LogP contribution in [0.25, 0.3) is 0 Å². The molecule has 0 bridgehead atoms. The van der Waals surface area contributed by atoms with E-state index in [1.54, 1.807) is 0 Å². The zero-order valence-electron chi connectivity index (χ0n) is 8.68. The van der Waals surface area contributed by atoms with Gasteiger partial charge in [0.25, 0.3) is 0 Å². The molecule has 0 radical (unpaired) electrons. The van der Waals surface area contributed by atoms with Crippen molar-refractivity contribution in [3.05, 3.63) is 0 Å². The molecule has 10 nitrogen and oxygen atoms in total. The summed E-state index contributed by atoms with van der Waals surface area (Å²) in [4.78, 5) is 21.1. The van der Waals surface area contributed by atoms with Gasteiger partial charge in [0, 0.05) is 0 Å². The fourth-order valence-electron chi connectivity index (χ4n) is 0.499. The Morgan fingerprint density at radius 1 is 0.812 bits per heavy atom. The standard InChI is InChI=1S/C4H8B2O6.4H2O/c5-11-3(9)1(7)2(8)4(10)12-6;;;;/h1-2,7-8H,5-6H2;4*1H2. The molecule has 0 heterocycles. The number of carbonyl (C=O) groups excluding carboxylic acids is 2. The zero-order valence-corrected chi connectivity index (χ0v) is 8.68. The Kier molecular flexibility index (Phi) is 25.4. The zero-order chi connectivity index (χ0) is 9.72. The number of rotatable bonds is 3. The summed E-state index contributed by atoms with van der Waals surface area (Å²) < 4.78 is 8.14. The molecule has 0 aromatic carbocycles. The van der Waals surface area contributed by atoms with E-state index in [-0.39, 0.29) is 21.9 Å². The molecule has 0 aliphatic rings. The molecular weight excluding hydrogens is 230 g/mol. The minimum atomic E-state index is -1.90. The minimum Gasteiger partial charge on any atom is -0.541 e. The first kappa shape index (κ1) is 29.4. The molecule has 0 spiro atoms. The highest BCUT2D eigenvalue weighted by Gasteiger charge is 2.30. The van der Waals surface area contributed by atoms with Crippen molar-refractivity contribution < 1.29 is 51.0 Å². The summed E-state index contributed by atoms with van der Waals surface area (Å²) in [6.45, 7) is 0. The van der Waals surface area contributed by atoms with Crippen molar-refractivity contribution in [1.29, 1.82) is 0 Å². The van der Waals surface area contributed by atoms with E-state index in [1.807, 2.05) is 0 Å². The molecule has 0 rings (SSSR count). The van der Waals surface area contributed by atoms with E-state index in [9.17, 15) is 9.59 Å². The second-order valence-corrected chi connectivity index (χ2v) is 1.94. The van der Waals surface area contributed by atoms with Crippen LogP contribution in [0.15, 0.2) is 0 Å². The van der Waals surface area contributed by atoms with Gasteiger partial charge < -0.3 is 41.4 Å². The van der Waals surface area contributed by atoms with Gasteiger partial charge in [-0.05, 0) is 0 Å². The molecule has 0 fully saturated rings. The monoisotopic (exact) mass is 246 g/mol. The molecule has 2 unspecified atom stereocenters. The summed E-state index contributed by atoms with van der Waals surface area (Å²) in [6.07, 6.45) is -3.80. The van der Waals surface area contributed by atoms with Crippen LogP contribution in [0.5, 0.6) is 0 Å². The Morgan fingerprint density at radius 3 is 1.12 bits per heavy atom. The molecule has 0 aromatic heterocycles. The maximum Gasteiger partial charge on any atom is 0.326 e. The van der Waals surface area contributed by atoms with Gasteiger partial charge in [-0.1, -0.05) is 0 Å². The summed E-state index contributed by atoms with van der Waals surface area (Å²) in [5.41, 5.74) is 0. The van der Waals surface area contributed by atoms with Gasteiger partial charge in [-0.15, -0.1) is 0 Å². The van der Waals surface area contributed by atoms with Crippen LogP contribution in [0, 0.1) is 0 Å². The second kappa shape index (κ2) is 13.8. The quantitative estimate of drug-likeness (QED) is 0.459. The summed E-state index contributed by atoms with van der Waals surface area (Å²) in [5, 5.41) is 17.7. The molecule has 0 aliphatic heterocycles. The maximum absolute atomic E-state index is 10.5. The molecule has 0 saturated heterocycles. The lowest BCUT2D eigenvalue weighted by Crippen LogP contribution is -2.41. The first-order valence-electron chi connectivity index (χ1n) is 3.06. The third-order valence-corrected chi connectivity index (χ3v) is 1.18. The number of aliphatic hydroxyl groups is 2. The van der Waals surface area contributed by atoms with Crippen molar-refractivity contribution in [3.63, 3.8) is 0 Å². The first-order valence-corrected chi connectivity index (χ1v) is 3.06. The highest BCUT2D eigenvalue weighted by atomic mass is 16.5. The Morgan fingerprint density at radius 2 is 1.00 bits per heavy atom. The van der Waals surface area contributed by atoms with E-state index >= 15 is 0 Å². The summed E-state index contributed by atoms with van der Waals surface area (Å²) >= 11 is 0. The van der Waals surface area contributed by atoms with Gasteiger partial charge >= 0.3 is 28.0 Å². The molecule has 0 aliphatic carbocycles. The Labute approximate surface area is 92.3 Å². The van der Waals surface area contributed by atoms with Crippen LogP contribution in [-0.4, -0.2) is 72.4 Å². The van der Waals surface area contributed by atoms with Crippen molar-refractivity contribution in [2.75, 3.05) is 0 Å². The average molecular weight is 246 g/mol. The molecule has 10 N–H and O–H groups in total. The van der Waals surface area contributed by atoms with Crippen LogP contribution in [0.3, 0.4) is 0 Å². The number of aliphatic hydroxyl groups excluding tert-OH is 2. The Bertz CT molecular complexity index is 166. The van der Waals surface area contributed by atoms with Crippen molar-refractivity contribution in [1.82, 2.24) is 0 Å². The molecular formula is C4H16B2O10. The molecule has 0 amide bonds. The van der Waals surface area contributed by atoms with Gasteiger partial charge in [0.05, 0.1) is 0 Å². The van der Waals surface area contributed by atoms with Crippen molar-refractivity contribution in [2.24, 2.45) is 0 Å². The minimum absolute atomic E-state index is 0. The van der Waals surface area contributed by atoms with Crippen molar-refractivity contribution in [2.45, 2.75) is 12.2 Å². The van der Waals surface area contributed by atoms with Gasteiger partial charge in [0.1, 0.15) is 0 Å². The van der Waals surface area contributed by atoms with E-state index in [0.717, 1.165) is 16.1 Å². The van der Waals surface area contributed by atoms with Gasteiger partial charge in [-0.3, -0.25) is 9.59 Å². The van der Waals surface area contributed by atoms with E-state index in [4.69, 9.17) is 10.2 Å². The summed E-state index contributed by atoms with van der Waals surface area (Å²) in [7, 11) is 2.05. The lowest BCUT2D eigenvalue weighted by Gasteiger charge is -2.13. The lowest BCUT2D eigenvalue weighted by molar-refractivity contribution is -0.162. The van der Waals surface area contributed by atoms with Crippen molar-refractivity contribution >= 4 is 28.0 Å². The van der Waals surface area contributed by atoms with Crippen LogP contribution in [0.2, 0.25) is 0 Å². The number of hydrogen-bond acceptors (Lipinski definition) is 6. The lowest BCUT2D eigenvalue weighted by atomic mass is 10.2. The van der Waals surface area contributed by atoms with Crippen LogP contribution in [0.1, 0.15) is 0 Å². The first-order chi connectivity index (χ1) is 5.54. The van der Waals surface area contributed by atoms with Gasteiger partial charge in [-0.25, -0.2) is 0 Å². The van der Waals surface area contributed by atoms with Gasteiger partial charge in [0.2, 0.25) is 0 Å². The summed E-state index contributed by atoms with van der Waals surface area (Å²) in [6, 6.07) is 0. The Balaban J connectivity index is -0.000000101. The highest BCUT2D eigenvalue weighted by Crippen LogP contribution is 1.97. The molecule has 0 aromatic rings. The maximum atomic E-state index is 10.5. The SMILES string of the molecule is BOC(=O)C(O)C(O)C(=O)OB.O.O.O.O. The normalized spacial score (nSPS) is 10.9. The van der Waals surface area contributed by atoms with E-state index in [1.165, 1.54) is 0 Å². The smallest absolute Gasteiger partial charge is 0.326 e. The van der Waals surface area contributed by atoms with E-state index < -0.39 is 24.1 Å². The molecule has 0 saturated carbocycles. The van der Waals surface area contributed by atoms with Crippen molar-refractivity contribution in [3.8, 4) is 0 Å². The third-order valence-electron chi connectivity index (χ3n) is 1.18. The fourth-order valence-corrected chi connectivity index (χ4v) is 0.499. The molecule has 2 atom stereocenters. The van der Waals surface area contributed by atoms with Crippen LogP contribution in [0.4, 0.5) is 0 Å². The molecule has 16 heavy (non-hydrogen) atoms.